The molecule has 0 bridgehead atoms. The maximum atomic E-state index is 9.70. The van der Waals surface area contributed by atoms with E-state index in [9.17, 15) is 5.11 Å². The number of aliphatic hydroxyl groups is 1. The minimum absolute atomic E-state index is 0. The summed E-state index contributed by atoms with van der Waals surface area (Å²) in [4.78, 5) is 0. The molecule has 0 aliphatic heterocycles. The molecular formula is C21H33OZr-. The molecule has 0 aromatic carbocycles. The summed E-state index contributed by atoms with van der Waals surface area (Å²) in [6.07, 6.45) is 27.6. The zero-order valence-electron chi connectivity index (χ0n) is 15.0. The van der Waals surface area contributed by atoms with Crippen LogP contribution in [0.3, 0.4) is 0 Å². The van der Waals surface area contributed by atoms with Crippen LogP contribution in [0.25, 0.3) is 0 Å². The van der Waals surface area contributed by atoms with E-state index in [1.165, 1.54) is 19.3 Å². The molecule has 0 saturated heterocycles. The first-order valence-corrected chi connectivity index (χ1v) is 8.55. The van der Waals surface area contributed by atoms with Gasteiger partial charge in [0.25, 0.3) is 0 Å². The Labute approximate surface area is 166 Å². The van der Waals surface area contributed by atoms with E-state index in [1.807, 2.05) is 71.1 Å². The first-order chi connectivity index (χ1) is 10.8. The van der Waals surface area contributed by atoms with Crippen LogP contribution < -0.4 is 0 Å². The average Bonchev–Trinajstić information content (AvgIpc) is 3.26. The summed E-state index contributed by atoms with van der Waals surface area (Å²) < 4.78 is 0. The summed E-state index contributed by atoms with van der Waals surface area (Å²) >= 11 is 0. The topological polar surface area (TPSA) is 20.2 Å². The van der Waals surface area contributed by atoms with Gasteiger partial charge in [0.1, 0.15) is 0 Å². The zero-order chi connectivity index (χ0) is 16.5. The molecule has 1 N–H and O–H groups in total. The van der Waals surface area contributed by atoms with Crippen molar-refractivity contribution in [2.24, 2.45) is 5.92 Å². The molecule has 23 heavy (non-hydrogen) atoms. The second kappa shape index (κ2) is 20.9. The molecule has 2 fully saturated rings. The molecule has 2 aliphatic carbocycles. The minimum Gasteiger partial charge on any atom is -0.396 e. The van der Waals surface area contributed by atoms with Gasteiger partial charge in [-0.1, -0.05) is 33.1 Å². The van der Waals surface area contributed by atoms with Crippen molar-refractivity contribution in [3.63, 3.8) is 0 Å². The van der Waals surface area contributed by atoms with Gasteiger partial charge in [0.05, 0.1) is 0 Å². The number of unbranched alkanes of at least 4 members (excludes halogenated alkanes) is 1. The van der Waals surface area contributed by atoms with Crippen LogP contribution in [0.2, 0.25) is 0 Å². The standard InChI is InChI=1S/C11H23O.2C5H5.Zr/c1-4-7-9-10(6-3)11(12)8-5-2;2*1-2-4-5-3-1;/h5,10-12H,4,6-9H2,1-3H3;2*1-5H;/q-1;;;. The molecule has 0 spiro atoms. The third-order valence-corrected chi connectivity index (χ3v) is 3.59. The molecule has 10 radical (unpaired) electrons. The van der Waals surface area contributed by atoms with Crippen molar-refractivity contribution in [2.45, 2.75) is 59.0 Å². The number of rotatable bonds is 7. The molecule has 2 unspecified atom stereocenters. The summed E-state index contributed by atoms with van der Waals surface area (Å²) in [6.45, 7) is 6.38. The van der Waals surface area contributed by atoms with Crippen molar-refractivity contribution in [3.05, 3.63) is 70.6 Å². The van der Waals surface area contributed by atoms with Gasteiger partial charge >= 0.3 is 0 Å². The van der Waals surface area contributed by atoms with Crippen molar-refractivity contribution in [1.29, 1.82) is 0 Å². The molecule has 2 aliphatic rings. The Kier molecular flexibility index (Phi) is 23.7. The van der Waals surface area contributed by atoms with Crippen LogP contribution in [-0.4, -0.2) is 11.2 Å². The monoisotopic (exact) mass is 391 g/mol. The largest absolute Gasteiger partial charge is 0.396 e. The first-order valence-electron chi connectivity index (χ1n) is 8.55. The van der Waals surface area contributed by atoms with Crippen LogP contribution in [0, 0.1) is 76.5 Å². The molecule has 2 heteroatoms. The fraction of sp³-hybridized carbons (Fsp3) is 0.476. The predicted octanol–water partition coefficient (Wildman–Crippen LogP) is 5.22. The van der Waals surface area contributed by atoms with Crippen molar-refractivity contribution in [1.82, 2.24) is 0 Å². The third-order valence-electron chi connectivity index (χ3n) is 3.59. The molecule has 128 valence electrons. The van der Waals surface area contributed by atoms with Gasteiger partial charge in [-0.05, 0) is 76.5 Å². The second-order valence-electron chi connectivity index (χ2n) is 5.45. The van der Waals surface area contributed by atoms with Gasteiger partial charge in [-0.15, -0.1) is 0 Å². The van der Waals surface area contributed by atoms with Crippen LogP contribution in [0.1, 0.15) is 52.9 Å². The van der Waals surface area contributed by atoms with Crippen LogP contribution in [0.15, 0.2) is 0 Å². The third kappa shape index (κ3) is 17.5. The quantitative estimate of drug-likeness (QED) is 0.589. The molecule has 0 amide bonds. The minimum atomic E-state index is -0.105. The van der Waals surface area contributed by atoms with Gasteiger partial charge in [0, 0.05) is 32.3 Å². The second-order valence-corrected chi connectivity index (χ2v) is 5.45. The molecule has 0 aromatic rings. The predicted molar refractivity (Wildman–Crippen MR) is 96.9 cm³/mol. The summed E-state index contributed by atoms with van der Waals surface area (Å²) in [7, 11) is 0. The van der Waals surface area contributed by atoms with E-state index < -0.39 is 0 Å². The maximum absolute atomic E-state index is 9.70. The van der Waals surface area contributed by atoms with Crippen LogP contribution in [-0.2, 0) is 26.2 Å². The van der Waals surface area contributed by atoms with Gasteiger partial charge in [0.15, 0.2) is 0 Å². The molecule has 2 saturated carbocycles. The average molecular weight is 393 g/mol. The van der Waals surface area contributed by atoms with Crippen LogP contribution in [0.5, 0.6) is 0 Å². The fourth-order valence-corrected chi connectivity index (χ4v) is 2.21. The molecule has 2 atom stereocenters. The Morgan fingerprint density at radius 1 is 0.826 bits per heavy atom. The van der Waals surface area contributed by atoms with Crippen LogP contribution >= 0.6 is 0 Å². The SMILES string of the molecule is C[CH-]CC(O)C(CC)CCCC.[CH]1[CH][CH][CH][CH]1.[CH]1[CH][CH][CH][CH]1.[Zr]. The van der Waals surface area contributed by atoms with Gasteiger partial charge < -0.3 is 11.5 Å². The normalized spacial score (nSPS) is 18.8. The number of hydrogen-bond donors (Lipinski definition) is 1. The molecule has 0 heterocycles. The number of hydrogen-bond acceptors (Lipinski definition) is 1. The maximum Gasteiger partial charge on any atom is 0.0300 e. The molecule has 2 rings (SSSR count). The Morgan fingerprint density at radius 3 is 1.48 bits per heavy atom. The van der Waals surface area contributed by atoms with E-state index in [0.29, 0.717) is 5.92 Å². The van der Waals surface area contributed by atoms with Crippen molar-refractivity contribution in [2.75, 3.05) is 0 Å². The van der Waals surface area contributed by atoms with Crippen LogP contribution in [0.4, 0.5) is 0 Å². The summed E-state index contributed by atoms with van der Waals surface area (Å²) in [5.41, 5.74) is 0. The van der Waals surface area contributed by atoms with E-state index >= 15 is 0 Å². The van der Waals surface area contributed by atoms with Gasteiger partial charge in [-0.25, -0.2) is 0 Å². The van der Waals surface area contributed by atoms with E-state index in [0.717, 1.165) is 12.8 Å². The van der Waals surface area contributed by atoms with E-state index in [2.05, 4.69) is 20.3 Å². The Morgan fingerprint density at radius 2 is 1.22 bits per heavy atom. The van der Waals surface area contributed by atoms with Gasteiger partial charge in [0.2, 0.25) is 0 Å². The van der Waals surface area contributed by atoms with Crippen molar-refractivity contribution in [3.8, 4) is 0 Å². The zero-order valence-corrected chi connectivity index (χ0v) is 17.4. The van der Waals surface area contributed by atoms with E-state index in [1.54, 1.807) is 0 Å². The summed E-state index contributed by atoms with van der Waals surface area (Å²) in [6, 6.07) is 0. The van der Waals surface area contributed by atoms with E-state index in [-0.39, 0.29) is 32.3 Å². The van der Waals surface area contributed by atoms with Gasteiger partial charge in [-0.3, -0.25) is 0 Å². The Bertz CT molecular complexity index is 175. The van der Waals surface area contributed by atoms with E-state index in [4.69, 9.17) is 0 Å². The molecule has 1 nitrogen and oxygen atoms in total. The Balaban J connectivity index is 0. The summed E-state index contributed by atoms with van der Waals surface area (Å²) in [5, 5.41) is 9.70. The summed E-state index contributed by atoms with van der Waals surface area (Å²) in [5.74, 6) is 0.515. The first kappa shape index (κ1) is 26.1. The Hall–Kier alpha value is 0.843. The van der Waals surface area contributed by atoms with Crippen molar-refractivity contribution < 1.29 is 31.3 Å². The smallest absolute Gasteiger partial charge is 0.0300 e. The van der Waals surface area contributed by atoms with Crippen molar-refractivity contribution >= 4 is 0 Å². The molecule has 0 aromatic heterocycles. The van der Waals surface area contributed by atoms with Gasteiger partial charge in [-0.2, -0.15) is 13.3 Å². The fourth-order valence-electron chi connectivity index (χ4n) is 2.21. The molecular weight excluding hydrogens is 359 g/mol. The number of aliphatic hydroxyl groups excluding tert-OH is 1.